The van der Waals surface area contributed by atoms with Gasteiger partial charge < -0.3 is 20.0 Å². The summed E-state index contributed by atoms with van der Waals surface area (Å²) in [7, 11) is 7.63. The molecule has 0 radical (unpaired) electrons. The van der Waals surface area contributed by atoms with Gasteiger partial charge in [-0.05, 0) is 112 Å². The number of likely N-dealkylation sites (tertiary alicyclic amines) is 1. The number of nitrogens with zero attached hydrogens (tertiary/aromatic N) is 5. The molecule has 3 aliphatic carbocycles. The van der Waals surface area contributed by atoms with Gasteiger partial charge in [-0.15, -0.1) is 0 Å². The minimum Gasteiger partial charge on any atom is -0.381 e. The number of piperidine rings is 1. The number of allylic oxidation sites excluding steroid dienone is 1. The molecule has 6 rings (SSSR count). The third-order valence-electron chi connectivity index (χ3n) is 11.7. The number of rotatable bonds is 9. The van der Waals surface area contributed by atoms with Crippen molar-refractivity contribution in [1.29, 1.82) is 5.26 Å². The number of carbonyl (C=O) groups is 2. The van der Waals surface area contributed by atoms with E-state index >= 15 is 0 Å². The number of nitrogens with one attached hydrogen (secondary N) is 3. The highest BCUT2D eigenvalue weighted by molar-refractivity contribution is 5.94. The van der Waals surface area contributed by atoms with E-state index in [-0.39, 0.29) is 41.5 Å². The minimum absolute atomic E-state index is 0.0371. The maximum atomic E-state index is 13.5. The molecule has 0 bridgehead atoms. The number of amides is 2. The van der Waals surface area contributed by atoms with Crippen LogP contribution in [0.4, 0.5) is 0 Å². The molecule has 1 saturated heterocycles. The minimum atomic E-state index is -0.647. The summed E-state index contributed by atoms with van der Waals surface area (Å²) in [6.07, 6.45) is 7.02. The van der Waals surface area contributed by atoms with Gasteiger partial charge in [-0.1, -0.05) is 12.6 Å². The van der Waals surface area contributed by atoms with Crippen molar-refractivity contribution in [2.75, 3.05) is 41.3 Å². The number of aryl methyl sites for hydroxylation is 1. The van der Waals surface area contributed by atoms with Crippen LogP contribution in [-0.4, -0.2) is 94.6 Å². The van der Waals surface area contributed by atoms with Gasteiger partial charge in [-0.25, -0.2) is 9.89 Å². The SMILES string of the molecule is C=C(C1CCC2[C@@H](CCc3cc(C(=O)N(C)C)ccc3C2(CCNCC(=O)N2C(C#N)C[C@H]3C[C@]32C)c2n[nH]c(=O)[nH]2)C1)N(C)C. The maximum absolute atomic E-state index is 13.5. The van der Waals surface area contributed by atoms with E-state index in [2.05, 4.69) is 65.1 Å². The number of aromatic amines is 2. The molecule has 4 unspecified atom stereocenters. The molecule has 11 nitrogen and oxygen atoms in total. The van der Waals surface area contributed by atoms with Crippen LogP contribution in [0.2, 0.25) is 0 Å². The van der Waals surface area contributed by atoms with Crippen molar-refractivity contribution in [2.24, 2.45) is 23.7 Å². The van der Waals surface area contributed by atoms with E-state index in [0.29, 0.717) is 42.1 Å². The van der Waals surface area contributed by atoms with E-state index in [1.165, 1.54) is 0 Å². The molecule has 2 heterocycles. The summed E-state index contributed by atoms with van der Waals surface area (Å²) in [5, 5.41) is 20.4. The summed E-state index contributed by atoms with van der Waals surface area (Å²) in [4.78, 5) is 47.7. The normalized spacial score (nSPS) is 31.1. The number of aromatic nitrogens is 3. The van der Waals surface area contributed by atoms with Crippen LogP contribution in [0.25, 0.3) is 0 Å². The fourth-order valence-electron chi connectivity index (χ4n) is 9.23. The monoisotopic (exact) mass is 628 g/mol. The Morgan fingerprint density at radius 3 is 2.63 bits per heavy atom. The second kappa shape index (κ2) is 12.0. The first kappa shape index (κ1) is 32.0. The predicted molar refractivity (Wildman–Crippen MR) is 175 cm³/mol. The number of hydrogen-bond donors (Lipinski definition) is 3. The second-order valence-corrected chi connectivity index (χ2v) is 14.7. The topological polar surface area (TPSA) is 141 Å². The Morgan fingerprint density at radius 2 is 1.96 bits per heavy atom. The van der Waals surface area contributed by atoms with E-state index in [0.717, 1.165) is 61.8 Å². The van der Waals surface area contributed by atoms with E-state index in [1.807, 2.05) is 17.0 Å². The van der Waals surface area contributed by atoms with Crippen LogP contribution in [0.3, 0.4) is 0 Å². The van der Waals surface area contributed by atoms with Crippen LogP contribution in [0.5, 0.6) is 0 Å². The van der Waals surface area contributed by atoms with E-state index in [4.69, 9.17) is 0 Å². The third-order valence-corrected chi connectivity index (χ3v) is 11.7. The Morgan fingerprint density at radius 1 is 1.17 bits per heavy atom. The van der Waals surface area contributed by atoms with Gasteiger partial charge in [0, 0.05) is 45.0 Å². The van der Waals surface area contributed by atoms with Crippen molar-refractivity contribution >= 4 is 11.8 Å². The van der Waals surface area contributed by atoms with Gasteiger partial charge in [0.1, 0.15) is 11.9 Å². The summed E-state index contributed by atoms with van der Waals surface area (Å²) in [6.45, 7) is 7.17. The fourth-order valence-corrected chi connectivity index (χ4v) is 9.23. The summed E-state index contributed by atoms with van der Waals surface area (Å²) in [6, 6.07) is 7.98. The molecule has 2 saturated carbocycles. The van der Waals surface area contributed by atoms with Gasteiger partial charge in [0.15, 0.2) is 0 Å². The molecule has 3 fully saturated rings. The van der Waals surface area contributed by atoms with Gasteiger partial charge in [0.2, 0.25) is 5.91 Å². The van der Waals surface area contributed by atoms with Crippen LogP contribution in [0.1, 0.15) is 79.2 Å². The smallest absolute Gasteiger partial charge is 0.340 e. The van der Waals surface area contributed by atoms with Crippen molar-refractivity contribution in [3.8, 4) is 6.07 Å². The summed E-state index contributed by atoms with van der Waals surface area (Å²) in [5.74, 6) is 1.84. The molecule has 1 aromatic heterocycles. The van der Waals surface area contributed by atoms with Crippen LogP contribution in [-0.2, 0) is 16.6 Å². The van der Waals surface area contributed by atoms with Crippen molar-refractivity contribution in [1.82, 2.24) is 35.2 Å². The molecule has 0 spiro atoms. The molecule has 246 valence electrons. The fraction of sp³-hybridized carbons (Fsp3) is 0.629. The number of nitriles is 1. The average molecular weight is 629 g/mol. The Bertz CT molecular complexity index is 1620. The van der Waals surface area contributed by atoms with Crippen molar-refractivity contribution < 1.29 is 9.59 Å². The van der Waals surface area contributed by atoms with Crippen molar-refractivity contribution in [3.05, 3.63) is 63.5 Å². The standard InChI is InChI=1S/C35H48N8O3/c1-21(41(3)4)22-9-11-28-23(15-22)7-8-24-16-25(31(45)42(5)6)10-12-29(24)35(28,32-38-33(46)40-39-32)13-14-37-20-30(44)43-27(19-36)17-26-18-34(26,43)2/h10,12,16,22-23,26-28,37H,1,7-9,11,13-15,17-18,20H2,2-6H3,(H2,38,39,40,46)/t22?,23-,26-,27?,28?,34+,35?/m0/s1. The van der Waals surface area contributed by atoms with Gasteiger partial charge in [-0.3, -0.25) is 14.6 Å². The first-order valence-electron chi connectivity index (χ1n) is 16.7. The molecular weight excluding hydrogens is 580 g/mol. The summed E-state index contributed by atoms with van der Waals surface area (Å²) < 4.78 is 0. The lowest BCUT2D eigenvalue weighted by Crippen LogP contribution is -2.49. The summed E-state index contributed by atoms with van der Waals surface area (Å²) in [5.41, 5.74) is 2.79. The van der Waals surface area contributed by atoms with E-state index < -0.39 is 5.41 Å². The molecule has 2 amide bonds. The molecule has 46 heavy (non-hydrogen) atoms. The highest BCUT2D eigenvalue weighted by atomic mass is 16.2. The Balaban J connectivity index is 1.35. The van der Waals surface area contributed by atoms with Crippen LogP contribution in [0.15, 0.2) is 35.3 Å². The van der Waals surface area contributed by atoms with Crippen molar-refractivity contribution in [3.63, 3.8) is 0 Å². The Labute approximate surface area is 271 Å². The number of H-pyrrole nitrogens is 2. The van der Waals surface area contributed by atoms with Crippen molar-refractivity contribution in [2.45, 2.75) is 75.3 Å². The zero-order chi connectivity index (χ0) is 33.0. The second-order valence-electron chi connectivity index (χ2n) is 14.7. The molecule has 1 aliphatic heterocycles. The number of fused-ring (bicyclic) bond motifs is 3. The highest BCUT2D eigenvalue weighted by Crippen LogP contribution is 2.58. The van der Waals surface area contributed by atoms with E-state index in [1.54, 1.807) is 19.0 Å². The van der Waals surface area contributed by atoms with E-state index in [9.17, 15) is 19.6 Å². The lowest BCUT2D eigenvalue weighted by molar-refractivity contribution is -0.133. The number of carbonyl (C=O) groups excluding carboxylic acids is 2. The molecule has 3 N–H and O–H groups in total. The number of hydrogen-bond acceptors (Lipinski definition) is 7. The summed E-state index contributed by atoms with van der Waals surface area (Å²) >= 11 is 0. The highest BCUT2D eigenvalue weighted by Gasteiger charge is 2.63. The first-order chi connectivity index (χ1) is 21.9. The number of benzene rings is 1. The molecule has 4 aliphatic rings. The lowest BCUT2D eigenvalue weighted by atomic mass is 9.57. The van der Waals surface area contributed by atoms with Gasteiger partial charge in [0.25, 0.3) is 5.91 Å². The van der Waals surface area contributed by atoms with Crippen LogP contribution < -0.4 is 11.0 Å². The zero-order valence-corrected chi connectivity index (χ0v) is 27.9. The van der Waals surface area contributed by atoms with Crippen LogP contribution >= 0.6 is 0 Å². The van der Waals surface area contributed by atoms with Crippen LogP contribution in [0, 0.1) is 35.0 Å². The van der Waals surface area contributed by atoms with Gasteiger partial charge in [-0.2, -0.15) is 10.4 Å². The maximum Gasteiger partial charge on any atom is 0.340 e. The predicted octanol–water partition coefficient (Wildman–Crippen LogP) is 3.02. The first-order valence-corrected chi connectivity index (χ1v) is 16.7. The van der Waals surface area contributed by atoms with Gasteiger partial charge >= 0.3 is 5.69 Å². The molecule has 7 atom stereocenters. The average Bonchev–Trinajstić information content (AvgIpc) is 3.36. The van der Waals surface area contributed by atoms with Gasteiger partial charge in [0.05, 0.1) is 18.0 Å². The quantitative estimate of drug-likeness (QED) is 0.363. The Kier molecular flexibility index (Phi) is 8.38. The molecule has 1 aromatic carbocycles. The Hall–Kier alpha value is -3.91. The molecular formula is C35H48N8O3. The lowest BCUT2D eigenvalue weighted by Gasteiger charge is -2.47. The molecule has 11 heteroatoms. The zero-order valence-electron chi connectivity index (χ0n) is 27.9. The largest absolute Gasteiger partial charge is 0.381 e. The molecule has 2 aromatic rings. The third kappa shape index (κ3) is 5.34.